The van der Waals surface area contributed by atoms with Crippen LogP contribution < -0.4 is 4.90 Å². The number of rotatable bonds is 12. The number of imide groups is 1. The van der Waals surface area contributed by atoms with Crippen LogP contribution in [0.1, 0.15) is 63.2 Å². The van der Waals surface area contributed by atoms with Crippen LogP contribution in [0.3, 0.4) is 0 Å². The van der Waals surface area contributed by atoms with Crippen LogP contribution in [0.5, 0.6) is 0 Å². The van der Waals surface area contributed by atoms with Crippen molar-refractivity contribution in [3.63, 3.8) is 0 Å². The third-order valence-corrected chi connectivity index (χ3v) is 6.51. The Hall–Kier alpha value is -2.40. The average molecular weight is 425 g/mol. The van der Waals surface area contributed by atoms with Crippen molar-refractivity contribution in [3.05, 3.63) is 58.4 Å². The SMILES string of the molecule is CCCCCCCCCCN1C(=O)C(c2cccs2)=C(N(C)c2ccccc2)C1=O. The van der Waals surface area contributed by atoms with Crippen molar-refractivity contribution in [1.82, 2.24) is 4.90 Å². The lowest BCUT2D eigenvalue weighted by Gasteiger charge is -2.21. The second-order valence-corrected chi connectivity index (χ2v) is 8.78. The highest BCUT2D eigenvalue weighted by Crippen LogP contribution is 2.35. The Morgan fingerprint density at radius 1 is 0.833 bits per heavy atom. The molecule has 2 aromatic rings. The third kappa shape index (κ3) is 5.20. The molecule has 1 aliphatic rings. The molecule has 0 saturated heterocycles. The quantitative estimate of drug-likeness (QED) is 0.305. The minimum absolute atomic E-state index is 0.164. The molecule has 4 nitrogen and oxygen atoms in total. The van der Waals surface area contributed by atoms with Gasteiger partial charge in [-0.25, -0.2) is 0 Å². The van der Waals surface area contributed by atoms with Crippen LogP contribution in [-0.4, -0.2) is 30.3 Å². The number of likely N-dealkylation sites (N-methyl/N-ethyl adjacent to an activating group) is 1. The van der Waals surface area contributed by atoms with Gasteiger partial charge in [0, 0.05) is 24.2 Å². The van der Waals surface area contributed by atoms with Gasteiger partial charge in [-0.2, -0.15) is 0 Å². The van der Waals surface area contributed by atoms with Gasteiger partial charge in [0.25, 0.3) is 11.8 Å². The van der Waals surface area contributed by atoms with Crippen molar-refractivity contribution in [2.24, 2.45) is 0 Å². The number of carbonyl (C=O) groups excluding carboxylic acids is 2. The molecule has 0 spiro atoms. The van der Waals surface area contributed by atoms with Crippen LogP contribution >= 0.6 is 11.3 Å². The number of amides is 2. The summed E-state index contributed by atoms with van der Waals surface area (Å²) in [5.41, 5.74) is 1.91. The van der Waals surface area contributed by atoms with Gasteiger partial charge in [-0.05, 0) is 30.0 Å². The Morgan fingerprint density at radius 3 is 2.13 bits per heavy atom. The number of anilines is 1. The van der Waals surface area contributed by atoms with E-state index in [4.69, 9.17) is 0 Å². The molecule has 30 heavy (non-hydrogen) atoms. The summed E-state index contributed by atoms with van der Waals surface area (Å²) in [6.07, 6.45) is 9.50. The molecule has 0 radical (unpaired) electrons. The number of carbonyl (C=O) groups is 2. The van der Waals surface area contributed by atoms with E-state index in [1.54, 1.807) is 0 Å². The topological polar surface area (TPSA) is 40.6 Å². The number of nitrogens with zero attached hydrogens (tertiary/aromatic N) is 2. The maximum atomic E-state index is 13.3. The van der Waals surface area contributed by atoms with E-state index in [0.717, 1.165) is 23.4 Å². The second-order valence-electron chi connectivity index (χ2n) is 7.83. The highest BCUT2D eigenvalue weighted by atomic mass is 32.1. The standard InChI is InChI=1S/C25H32N2O2S/c1-3-4-5-6-7-8-9-13-18-27-24(28)22(21-17-14-19-30-21)23(25(27)29)26(2)20-15-11-10-12-16-20/h10-12,14-17,19H,3-9,13,18H2,1-2H3. The first-order valence-corrected chi connectivity index (χ1v) is 12.0. The first-order valence-electron chi connectivity index (χ1n) is 11.1. The molecule has 3 rings (SSSR count). The molecule has 1 aliphatic heterocycles. The predicted molar refractivity (Wildman–Crippen MR) is 125 cm³/mol. The third-order valence-electron chi connectivity index (χ3n) is 5.63. The zero-order chi connectivity index (χ0) is 21.3. The lowest BCUT2D eigenvalue weighted by atomic mass is 10.1. The summed E-state index contributed by atoms with van der Waals surface area (Å²) < 4.78 is 0. The number of hydrogen-bond acceptors (Lipinski definition) is 4. The minimum Gasteiger partial charge on any atom is -0.339 e. The normalized spacial score (nSPS) is 14.1. The molecule has 160 valence electrons. The van der Waals surface area contributed by atoms with E-state index in [1.165, 1.54) is 54.8 Å². The molecule has 2 heterocycles. The van der Waals surface area contributed by atoms with Crippen LogP contribution in [0.25, 0.3) is 5.57 Å². The Kier molecular flexibility index (Phi) is 8.26. The molecular weight excluding hydrogens is 392 g/mol. The molecule has 0 aliphatic carbocycles. The highest BCUT2D eigenvalue weighted by Gasteiger charge is 2.41. The summed E-state index contributed by atoms with van der Waals surface area (Å²) in [7, 11) is 1.86. The summed E-state index contributed by atoms with van der Waals surface area (Å²) in [5.74, 6) is -0.346. The number of thiophene rings is 1. The van der Waals surface area contributed by atoms with E-state index in [9.17, 15) is 9.59 Å². The van der Waals surface area contributed by atoms with E-state index in [-0.39, 0.29) is 11.8 Å². The van der Waals surface area contributed by atoms with Gasteiger partial charge in [-0.15, -0.1) is 11.3 Å². The summed E-state index contributed by atoms with van der Waals surface area (Å²) in [6, 6.07) is 13.6. The average Bonchev–Trinajstić information content (AvgIpc) is 3.37. The van der Waals surface area contributed by atoms with Crippen LogP contribution in [-0.2, 0) is 9.59 Å². The number of benzene rings is 1. The summed E-state index contributed by atoms with van der Waals surface area (Å²) in [5, 5.41) is 1.95. The van der Waals surface area contributed by atoms with Crippen molar-refractivity contribution in [3.8, 4) is 0 Å². The van der Waals surface area contributed by atoms with Gasteiger partial charge >= 0.3 is 0 Å². The lowest BCUT2D eigenvalue weighted by Crippen LogP contribution is -2.35. The molecule has 0 atom stereocenters. The molecule has 2 amide bonds. The monoisotopic (exact) mass is 424 g/mol. The van der Waals surface area contributed by atoms with Gasteiger partial charge in [-0.1, -0.05) is 76.1 Å². The maximum absolute atomic E-state index is 13.3. The summed E-state index contributed by atoms with van der Waals surface area (Å²) in [4.78, 5) is 30.7. The van der Waals surface area contributed by atoms with Gasteiger partial charge in [-0.3, -0.25) is 14.5 Å². The Labute approximate surface area is 184 Å². The molecule has 1 aromatic carbocycles. The fourth-order valence-electron chi connectivity index (χ4n) is 3.90. The maximum Gasteiger partial charge on any atom is 0.278 e. The van der Waals surface area contributed by atoms with Gasteiger partial charge in [0.1, 0.15) is 5.70 Å². The molecule has 0 bridgehead atoms. The number of unbranched alkanes of at least 4 members (excludes halogenated alkanes) is 7. The first-order chi connectivity index (χ1) is 14.6. The fraction of sp³-hybridized carbons (Fsp3) is 0.440. The Bertz CT molecular complexity index is 859. The molecule has 0 N–H and O–H groups in total. The highest BCUT2D eigenvalue weighted by molar-refractivity contribution is 7.11. The van der Waals surface area contributed by atoms with E-state index in [2.05, 4.69) is 6.92 Å². The molecular formula is C25H32N2O2S. The van der Waals surface area contributed by atoms with Crippen molar-refractivity contribution in [1.29, 1.82) is 0 Å². The lowest BCUT2D eigenvalue weighted by molar-refractivity contribution is -0.136. The first kappa shape index (κ1) is 22.3. The van der Waals surface area contributed by atoms with Crippen LogP contribution in [0.15, 0.2) is 53.5 Å². The van der Waals surface area contributed by atoms with Crippen LogP contribution in [0.2, 0.25) is 0 Å². The number of hydrogen-bond donors (Lipinski definition) is 0. The van der Waals surface area contributed by atoms with E-state index in [0.29, 0.717) is 17.8 Å². The molecule has 5 heteroatoms. The minimum atomic E-state index is -0.183. The van der Waals surface area contributed by atoms with Crippen LogP contribution in [0, 0.1) is 0 Å². The second kappa shape index (κ2) is 11.1. The van der Waals surface area contributed by atoms with Crippen molar-refractivity contribution in [2.75, 3.05) is 18.5 Å². The summed E-state index contributed by atoms with van der Waals surface area (Å²) >= 11 is 1.50. The zero-order valence-electron chi connectivity index (χ0n) is 18.1. The van der Waals surface area contributed by atoms with E-state index in [1.807, 2.05) is 59.8 Å². The van der Waals surface area contributed by atoms with Crippen molar-refractivity contribution >= 4 is 34.4 Å². The smallest absolute Gasteiger partial charge is 0.278 e. The van der Waals surface area contributed by atoms with Crippen molar-refractivity contribution in [2.45, 2.75) is 58.3 Å². The van der Waals surface area contributed by atoms with Gasteiger partial charge in [0.2, 0.25) is 0 Å². The molecule has 0 saturated carbocycles. The molecule has 1 aromatic heterocycles. The van der Waals surface area contributed by atoms with E-state index < -0.39 is 0 Å². The van der Waals surface area contributed by atoms with Crippen molar-refractivity contribution < 1.29 is 9.59 Å². The number of para-hydroxylation sites is 1. The molecule has 0 fully saturated rings. The Balaban J connectivity index is 1.68. The Morgan fingerprint density at radius 2 is 1.50 bits per heavy atom. The van der Waals surface area contributed by atoms with Gasteiger partial charge < -0.3 is 4.90 Å². The predicted octanol–water partition coefficient (Wildman–Crippen LogP) is 6.11. The largest absolute Gasteiger partial charge is 0.339 e. The summed E-state index contributed by atoms with van der Waals surface area (Å²) in [6.45, 7) is 2.72. The van der Waals surface area contributed by atoms with Crippen LogP contribution in [0.4, 0.5) is 5.69 Å². The fourth-order valence-corrected chi connectivity index (χ4v) is 4.67. The van der Waals surface area contributed by atoms with Gasteiger partial charge in [0.05, 0.1) is 5.57 Å². The van der Waals surface area contributed by atoms with E-state index >= 15 is 0 Å². The zero-order valence-corrected chi connectivity index (χ0v) is 18.9. The molecule has 0 unspecified atom stereocenters. The van der Waals surface area contributed by atoms with Gasteiger partial charge in [0.15, 0.2) is 0 Å².